The van der Waals surface area contributed by atoms with Crippen molar-refractivity contribution in [1.29, 1.82) is 0 Å². The van der Waals surface area contributed by atoms with Gasteiger partial charge in [0.15, 0.2) is 0 Å². The molecule has 1 heterocycles. The number of carbonyl (C=O) groups is 1. The second kappa shape index (κ2) is 3.25. The van der Waals surface area contributed by atoms with E-state index in [9.17, 15) is 4.79 Å². The van der Waals surface area contributed by atoms with Gasteiger partial charge >= 0.3 is 0 Å². The number of aromatic nitrogens is 2. The molecule has 1 aromatic heterocycles. The second-order valence-electron chi connectivity index (χ2n) is 3.14. The quantitative estimate of drug-likeness (QED) is 0.738. The molecule has 0 radical (unpaired) electrons. The molecule has 2 rings (SSSR count). The average molecular weight is 228 g/mol. The maximum absolute atomic E-state index is 11.7. The van der Waals surface area contributed by atoms with Gasteiger partial charge in [-0.05, 0) is 12.8 Å². The lowest BCUT2D eigenvalue weighted by Crippen LogP contribution is -2.34. The molecule has 0 saturated heterocycles. The van der Waals surface area contributed by atoms with Gasteiger partial charge in [-0.25, -0.2) is 0 Å². The van der Waals surface area contributed by atoms with Gasteiger partial charge in [0.1, 0.15) is 5.51 Å². The smallest absolute Gasteiger partial charge is 0.239 e. The highest BCUT2D eigenvalue weighted by atomic mass is 32.1. The van der Waals surface area contributed by atoms with Crippen LogP contribution >= 0.6 is 23.6 Å². The van der Waals surface area contributed by atoms with Crippen LogP contribution in [0.2, 0.25) is 0 Å². The summed E-state index contributed by atoms with van der Waals surface area (Å²) >= 11 is 6.12. The number of thiocarbonyl (C=S) groups is 1. The topological polar surface area (TPSA) is 80.9 Å². The van der Waals surface area contributed by atoms with Crippen molar-refractivity contribution < 1.29 is 4.79 Å². The molecule has 1 aliphatic rings. The van der Waals surface area contributed by atoms with Gasteiger partial charge in [-0.1, -0.05) is 23.6 Å². The van der Waals surface area contributed by atoms with E-state index < -0.39 is 5.41 Å². The monoisotopic (exact) mass is 228 g/mol. The number of hydrogen-bond donors (Lipinski definition) is 2. The van der Waals surface area contributed by atoms with E-state index in [0.29, 0.717) is 5.13 Å². The van der Waals surface area contributed by atoms with Gasteiger partial charge in [0.05, 0.1) is 10.4 Å². The van der Waals surface area contributed by atoms with E-state index >= 15 is 0 Å². The molecule has 1 amide bonds. The largest absolute Gasteiger partial charge is 0.392 e. The van der Waals surface area contributed by atoms with Gasteiger partial charge in [0.25, 0.3) is 0 Å². The third kappa shape index (κ3) is 1.48. The third-order valence-electron chi connectivity index (χ3n) is 2.24. The average Bonchev–Trinajstić information content (AvgIpc) is 2.81. The molecule has 0 bridgehead atoms. The predicted octanol–water partition coefficient (Wildman–Crippen LogP) is 0.543. The van der Waals surface area contributed by atoms with Gasteiger partial charge < -0.3 is 5.73 Å². The van der Waals surface area contributed by atoms with E-state index in [1.807, 2.05) is 0 Å². The summed E-state index contributed by atoms with van der Waals surface area (Å²) in [7, 11) is 0. The number of nitrogens with zero attached hydrogens (tertiary/aromatic N) is 2. The van der Waals surface area contributed by atoms with Crippen LogP contribution in [-0.2, 0) is 4.79 Å². The first-order chi connectivity index (χ1) is 6.65. The first-order valence-corrected chi connectivity index (χ1v) is 5.31. The van der Waals surface area contributed by atoms with Crippen molar-refractivity contribution in [3.8, 4) is 0 Å². The summed E-state index contributed by atoms with van der Waals surface area (Å²) in [5.74, 6) is -0.165. The highest BCUT2D eigenvalue weighted by Gasteiger charge is 2.52. The summed E-state index contributed by atoms with van der Waals surface area (Å²) in [6.45, 7) is 0. The predicted molar refractivity (Wildman–Crippen MR) is 57.0 cm³/mol. The SMILES string of the molecule is NC(=S)C1(C(=O)Nc2nncs2)CC1. The minimum atomic E-state index is -0.624. The lowest BCUT2D eigenvalue weighted by molar-refractivity contribution is -0.118. The first kappa shape index (κ1) is 9.47. The Morgan fingerprint density at radius 2 is 2.43 bits per heavy atom. The Kier molecular flexibility index (Phi) is 2.20. The Morgan fingerprint density at radius 3 is 2.86 bits per heavy atom. The standard InChI is InChI=1S/C7H8N4OS2/c8-4(13)7(1-2-7)5(12)10-6-11-9-3-14-6/h3H,1-2H2,(H2,8,13)(H,10,11,12). The molecule has 1 saturated carbocycles. The Bertz CT molecular complexity index is 371. The van der Waals surface area contributed by atoms with E-state index in [1.54, 1.807) is 5.51 Å². The maximum Gasteiger partial charge on any atom is 0.239 e. The lowest BCUT2D eigenvalue weighted by atomic mass is 10.1. The number of hydrogen-bond acceptors (Lipinski definition) is 5. The van der Waals surface area contributed by atoms with E-state index in [-0.39, 0.29) is 10.9 Å². The highest BCUT2D eigenvalue weighted by molar-refractivity contribution is 7.80. The van der Waals surface area contributed by atoms with Crippen LogP contribution in [0, 0.1) is 5.41 Å². The highest BCUT2D eigenvalue weighted by Crippen LogP contribution is 2.46. The van der Waals surface area contributed by atoms with Crippen LogP contribution in [0.25, 0.3) is 0 Å². The van der Waals surface area contributed by atoms with Gasteiger partial charge in [-0.2, -0.15) is 0 Å². The van der Waals surface area contributed by atoms with Crippen molar-refractivity contribution in [2.24, 2.45) is 11.1 Å². The van der Waals surface area contributed by atoms with E-state index in [4.69, 9.17) is 18.0 Å². The summed E-state index contributed by atoms with van der Waals surface area (Å²) in [5, 5.41) is 10.4. The molecule has 5 nitrogen and oxygen atoms in total. The Labute approximate surface area is 89.7 Å². The van der Waals surface area contributed by atoms with Crippen LogP contribution in [0.4, 0.5) is 5.13 Å². The summed E-state index contributed by atoms with van der Waals surface area (Å²) in [4.78, 5) is 12.0. The summed E-state index contributed by atoms with van der Waals surface area (Å²) in [6.07, 6.45) is 1.46. The molecular weight excluding hydrogens is 220 g/mol. The Balaban J connectivity index is 2.07. The fourth-order valence-corrected chi connectivity index (χ4v) is 1.89. The molecule has 7 heteroatoms. The molecule has 0 atom stereocenters. The fraction of sp³-hybridized carbons (Fsp3) is 0.429. The number of rotatable bonds is 3. The molecule has 74 valence electrons. The van der Waals surface area contributed by atoms with Gasteiger partial charge in [0, 0.05) is 0 Å². The fourth-order valence-electron chi connectivity index (χ4n) is 1.15. The molecule has 0 aromatic carbocycles. The van der Waals surface area contributed by atoms with Crippen molar-refractivity contribution in [2.45, 2.75) is 12.8 Å². The van der Waals surface area contributed by atoms with Crippen molar-refractivity contribution in [3.63, 3.8) is 0 Å². The zero-order valence-electron chi connectivity index (χ0n) is 7.19. The second-order valence-corrected chi connectivity index (χ2v) is 4.42. The van der Waals surface area contributed by atoms with Crippen molar-refractivity contribution >= 4 is 39.6 Å². The number of nitrogens with one attached hydrogen (secondary N) is 1. The van der Waals surface area contributed by atoms with E-state index in [1.165, 1.54) is 11.3 Å². The van der Waals surface area contributed by atoms with Crippen LogP contribution in [0.15, 0.2) is 5.51 Å². The van der Waals surface area contributed by atoms with Crippen molar-refractivity contribution in [3.05, 3.63) is 5.51 Å². The molecule has 3 N–H and O–H groups in total. The first-order valence-electron chi connectivity index (χ1n) is 4.03. The Morgan fingerprint density at radius 1 is 1.71 bits per heavy atom. The minimum Gasteiger partial charge on any atom is -0.392 e. The van der Waals surface area contributed by atoms with Crippen molar-refractivity contribution in [1.82, 2.24) is 10.2 Å². The van der Waals surface area contributed by atoms with Crippen LogP contribution < -0.4 is 11.1 Å². The van der Waals surface area contributed by atoms with Gasteiger partial charge in [-0.15, -0.1) is 10.2 Å². The van der Waals surface area contributed by atoms with E-state index in [0.717, 1.165) is 12.8 Å². The zero-order chi connectivity index (χ0) is 10.2. The zero-order valence-corrected chi connectivity index (χ0v) is 8.82. The summed E-state index contributed by atoms with van der Waals surface area (Å²) in [6, 6.07) is 0. The molecule has 14 heavy (non-hydrogen) atoms. The van der Waals surface area contributed by atoms with Gasteiger partial charge in [-0.3, -0.25) is 10.1 Å². The molecule has 1 aromatic rings. The molecule has 0 aliphatic heterocycles. The normalized spacial score (nSPS) is 17.4. The van der Waals surface area contributed by atoms with Crippen LogP contribution in [0.1, 0.15) is 12.8 Å². The lowest BCUT2D eigenvalue weighted by Gasteiger charge is -2.10. The number of carbonyl (C=O) groups excluding carboxylic acids is 1. The molecule has 1 aliphatic carbocycles. The van der Waals surface area contributed by atoms with Crippen LogP contribution in [-0.4, -0.2) is 21.1 Å². The maximum atomic E-state index is 11.7. The van der Waals surface area contributed by atoms with Crippen LogP contribution in [0.5, 0.6) is 0 Å². The van der Waals surface area contributed by atoms with Crippen LogP contribution in [0.3, 0.4) is 0 Å². The molecule has 1 fully saturated rings. The number of anilines is 1. The van der Waals surface area contributed by atoms with Crippen molar-refractivity contribution in [2.75, 3.05) is 5.32 Å². The number of amides is 1. The molecular formula is C7H8N4OS2. The minimum absolute atomic E-state index is 0.165. The molecule has 0 unspecified atom stereocenters. The van der Waals surface area contributed by atoms with Gasteiger partial charge in [0.2, 0.25) is 11.0 Å². The molecule has 0 spiro atoms. The van der Waals surface area contributed by atoms with E-state index in [2.05, 4.69) is 15.5 Å². The Hall–Kier alpha value is -1.08. The number of nitrogens with two attached hydrogens (primary N) is 1. The summed E-state index contributed by atoms with van der Waals surface area (Å²) < 4.78 is 0. The summed E-state index contributed by atoms with van der Waals surface area (Å²) in [5.41, 5.74) is 6.43. The third-order valence-corrected chi connectivity index (χ3v) is 3.23.